The van der Waals surface area contributed by atoms with E-state index in [0.29, 0.717) is 12.1 Å². The fourth-order valence-electron chi connectivity index (χ4n) is 4.14. The van der Waals surface area contributed by atoms with Gasteiger partial charge >= 0.3 is 0 Å². The summed E-state index contributed by atoms with van der Waals surface area (Å²) in [6.45, 7) is 2.76. The summed E-state index contributed by atoms with van der Waals surface area (Å²) in [5.74, 6) is -1.78. The monoisotopic (exact) mass is 524 g/mol. The Labute approximate surface area is 219 Å². The maximum Gasteiger partial charge on any atom is 0.242 e. The van der Waals surface area contributed by atoms with E-state index in [0.717, 1.165) is 28.6 Å². The van der Waals surface area contributed by atoms with Gasteiger partial charge in [0.2, 0.25) is 5.91 Å². The van der Waals surface area contributed by atoms with Crippen molar-refractivity contribution in [2.24, 2.45) is 0 Å². The number of halogens is 2. The molecule has 2 atom stereocenters. The van der Waals surface area contributed by atoms with Crippen LogP contribution in [0.1, 0.15) is 23.6 Å². The summed E-state index contributed by atoms with van der Waals surface area (Å²) in [5, 5.41) is 23.4. The molecule has 1 unspecified atom stereocenters. The van der Waals surface area contributed by atoms with Crippen LogP contribution in [0.4, 0.5) is 8.78 Å². The summed E-state index contributed by atoms with van der Waals surface area (Å²) >= 11 is 1.56. The van der Waals surface area contributed by atoms with E-state index >= 15 is 0 Å². The molecule has 37 heavy (non-hydrogen) atoms. The lowest BCUT2D eigenvalue weighted by Gasteiger charge is -2.25. The van der Waals surface area contributed by atoms with Gasteiger partial charge in [0.25, 0.3) is 0 Å². The molecular weight excluding hydrogens is 494 g/mol. The van der Waals surface area contributed by atoms with Gasteiger partial charge in [0.1, 0.15) is 23.9 Å². The molecule has 0 aliphatic heterocycles. The van der Waals surface area contributed by atoms with Crippen LogP contribution in [0.25, 0.3) is 10.6 Å². The molecule has 2 heterocycles. The van der Waals surface area contributed by atoms with Gasteiger partial charge in [-0.15, -0.1) is 11.3 Å². The van der Waals surface area contributed by atoms with Crippen LogP contribution in [-0.4, -0.2) is 39.5 Å². The summed E-state index contributed by atoms with van der Waals surface area (Å²) in [7, 11) is 0. The lowest BCUT2D eigenvalue weighted by atomic mass is 10.0. The first-order chi connectivity index (χ1) is 17.9. The number of aromatic nitrogens is 2. The lowest BCUT2D eigenvalue weighted by molar-refractivity contribution is -0.123. The third-order valence-corrected chi connectivity index (χ3v) is 6.88. The second-order valence-electron chi connectivity index (χ2n) is 8.90. The molecule has 0 radical (unpaired) electrons. The van der Waals surface area contributed by atoms with Gasteiger partial charge in [0, 0.05) is 25.4 Å². The number of aliphatic hydroxyl groups excluding tert-OH is 1. The summed E-state index contributed by atoms with van der Waals surface area (Å²) < 4.78 is 29.1. The average molecular weight is 525 g/mol. The number of benzene rings is 2. The Bertz CT molecular complexity index is 1290. The average Bonchev–Trinajstić information content (AvgIpc) is 3.55. The standard InChI is InChI=1S/C28H30F2N4O2S/c1-2-19-5-3-6-20(11-19)16-31-17-26(35)25(14-21-12-22(29)15-23(30)13-21)32-28(36)18-34-9-8-24(33-34)27-7-4-10-37-27/h3-13,15,25-26,31,35H,2,14,16-18H2,1H3,(H,32,36)/t25?,26-/m0/s1. The number of carbonyl (C=O) groups excluding carboxylic acids is 1. The Hall–Kier alpha value is -3.40. The molecule has 0 aliphatic rings. The summed E-state index contributed by atoms with van der Waals surface area (Å²) in [5.41, 5.74) is 3.42. The predicted molar refractivity (Wildman–Crippen MR) is 141 cm³/mol. The van der Waals surface area contributed by atoms with Gasteiger partial charge in [-0.2, -0.15) is 5.10 Å². The van der Waals surface area contributed by atoms with Crippen molar-refractivity contribution in [2.45, 2.75) is 45.0 Å². The SMILES string of the molecule is CCc1cccc(CNC[C@H](O)C(Cc2cc(F)cc(F)c2)NC(=O)Cn2ccc(-c3cccs3)n2)c1. The minimum atomic E-state index is -0.996. The summed E-state index contributed by atoms with van der Waals surface area (Å²) in [6, 6.07) is 16.3. The highest BCUT2D eigenvalue weighted by atomic mass is 32.1. The van der Waals surface area contributed by atoms with Crippen molar-refractivity contribution in [1.82, 2.24) is 20.4 Å². The number of thiophene rings is 1. The number of aliphatic hydroxyl groups is 1. The van der Waals surface area contributed by atoms with Crippen LogP contribution >= 0.6 is 11.3 Å². The van der Waals surface area contributed by atoms with E-state index in [-0.39, 0.29) is 25.4 Å². The first kappa shape index (κ1) is 26.7. The van der Waals surface area contributed by atoms with E-state index in [1.54, 1.807) is 17.5 Å². The molecule has 2 aromatic heterocycles. The van der Waals surface area contributed by atoms with Crippen molar-refractivity contribution < 1.29 is 18.7 Å². The molecule has 4 rings (SSSR count). The molecule has 0 spiro atoms. The van der Waals surface area contributed by atoms with E-state index in [1.807, 2.05) is 35.7 Å². The molecule has 0 saturated heterocycles. The number of aryl methyl sites for hydroxylation is 1. The normalized spacial score (nSPS) is 12.9. The Balaban J connectivity index is 1.41. The zero-order valence-corrected chi connectivity index (χ0v) is 21.3. The molecule has 3 N–H and O–H groups in total. The molecule has 0 fully saturated rings. The highest BCUT2D eigenvalue weighted by Crippen LogP contribution is 2.22. The van der Waals surface area contributed by atoms with Crippen molar-refractivity contribution in [3.63, 3.8) is 0 Å². The minimum Gasteiger partial charge on any atom is -0.390 e. The quantitative estimate of drug-likeness (QED) is 0.258. The molecule has 1 amide bonds. The number of rotatable bonds is 12. The van der Waals surface area contributed by atoms with E-state index in [4.69, 9.17) is 0 Å². The Kier molecular flexibility index (Phi) is 9.16. The van der Waals surface area contributed by atoms with Crippen LogP contribution in [0.2, 0.25) is 0 Å². The van der Waals surface area contributed by atoms with Gasteiger partial charge in [0.05, 0.1) is 17.0 Å². The second kappa shape index (κ2) is 12.7. The van der Waals surface area contributed by atoms with Crippen molar-refractivity contribution >= 4 is 17.2 Å². The third kappa shape index (κ3) is 7.79. The number of nitrogens with one attached hydrogen (secondary N) is 2. The van der Waals surface area contributed by atoms with Crippen molar-refractivity contribution in [1.29, 1.82) is 0 Å². The molecular formula is C28H30F2N4O2S. The van der Waals surface area contributed by atoms with Gasteiger partial charge in [-0.3, -0.25) is 9.48 Å². The number of hydrogen-bond donors (Lipinski definition) is 3. The van der Waals surface area contributed by atoms with Gasteiger partial charge in [-0.05, 0) is 59.2 Å². The van der Waals surface area contributed by atoms with E-state index in [1.165, 1.54) is 22.4 Å². The predicted octanol–water partition coefficient (Wildman–Crippen LogP) is 4.33. The molecule has 0 saturated carbocycles. The van der Waals surface area contributed by atoms with Crippen molar-refractivity contribution in [3.05, 3.63) is 101 Å². The molecule has 0 bridgehead atoms. The highest BCUT2D eigenvalue weighted by molar-refractivity contribution is 7.13. The van der Waals surface area contributed by atoms with E-state index < -0.39 is 23.8 Å². The largest absolute Gasteiger partial charge is 0.390 e. The first-order valence-corrected chi connectivity index (χ1v) is 13.1. The number of nitrogens with zero attached hydrogens (tertiary/aromatic N) is 2. The van der Waals surface area contributed by atoms with Crippen molar-refractivity contribution in [2.75, 3.05) is 6.54 Å². The molecule has 0 aliphatic carbocycles. The smallest absolute Gasteiger partial charge is 0.242 e. The van der Waals surface area contributed by atoms with Gasteiger partial charge in [-0.25, -0.2) is 8.78 Å². The first-order valence-electron chi connectivity index (χ1n) is 12.2. The van der Waals surface area contributed by atoms with Crippen LogP contribution in [0.3, 0.4) is 0 Å². The van der Waals surface area contributed by atoms with E-state index in [9.17, 15) is 18.7 Å². The summed E-state index contributed by atoms with van der Waals surface area (Å²) in [6.07, 6.45) is 1.71. The van der Waals surface area contributed by atoms with Crippen LogP contribution in [0.15, 0.2) is 72.2 Å². The number of hydrogen-bond acceptors (Lipinski definition) is 5. The maximum atomic E-state index is 13.8. The lowest BCUT2D eigenvalue weighted by Crippen LogP contribution is -2.49. The maximum absolute atomic E-state index is 13.8. The van der Waals surface area contributed by atoms with Gasteiger partial charge in [-0.1, -0.05) is 37.3 Å². The van der Waals surface area contributed by atoms with Crippen LogP contribution in [0.5, 0.6) is 0 Å². The zero-order valence-electron chi connectivity index (χ0n) is 20.5. The number of carbonyl (C=O) groups is 1. The van der Waals surface area contributed by atoms with Gasteiger partial charge in [0.15, 0.2) is 0 Å². The molecule has 9 heteroatoms. The second-order valence-corrected chi connectivity index (χ2v) is 9.85. The summed E-state index contributed by atoms with van der Waals surface area (Å²) in [4.78, 5) is 13.9. The Morgan fingerprint density at radius 2 is 1.84 bits per heavy atom. The third-order valence-electron chi connectivity index (χ3n) is 5.99. The topological polar surface area (TPSA) is 79.2 Å². The fraction of sp³-hybridized carbons (Fsp3) is 0.286. The zero-order chi connectivity index (χ0) is 26.2. The molecule has 194 valence electrons. The van der Waals surface area contributed by atoms with Crippen molar-refractivity contribution in [3.8, 4) is 10.6 Å². The Morgan fingerprint density at radius 1 is 1.05 bits per heavy atom. The van der Waals surface area contributed by atoms with Crippen LogP contribution < -0.4 is 10.6 Å². The van der Waals surface area contributed by atoms with E-state index in [2.05, 4.69) is 34.8 Å². The van der Waals surface area contributed by atoms with Gasteiger partial charge < -0.3 is 15.7 Å². The molecule has 6 nitrogen and oxygen atoms in total. The van der Waals surface area contributed by atoms with Crippen LogP contribution in [-0.2, 0) is 30.7 Å². The Morgan fingerprint density at radius 3 is 2.57 bits per heavy atom. The minimum absolute atomic E-state index is 0.0522. The molecule has 4 aromatic rings. The fourth-order valence-corrected chi connectivity index (χ4v) is 4.83. The van der Waals surface area contributed by atoms with Crippen LogP contribution in [0, 0.1) is 11.6 Å². The number of amides is 1. The highest BCUT2D eigenvalue weighted by Gasteiger charge is 2.23. The molecule has 2 aromatic carbocycles.